The topological polar surface area (TPSA) is 73.1 Å². The standard InChI is InChI=1S/C19H18F3N5OS/c1-13-10-15(19(20,21)22)14(11-23)18(25-13)29-12-17(28)27-8-6-26(7-9-27)16-4-2-3-5-24-16/h2-5,10H,6-9,12H2,1H3. The van der Waals surface area contributed by atoms with Gasteiger partial charge in [-0.1, -0.05) is 17.8 Å². The van der Waals surface area contributed by atoms with Crippen molar-refractivity contribution >= 4 is 23.5 Å². The third-order valence-corrected chi connectivity index (χ3v) is 5.43. The first-order valence-corrected chi connectivity index (χ1v) is 9.83. The van der Waals surface area contributed by atoms with Crippen molar-refractivity contribution in [3.8, 4) is 6.07 Å². The molecule has 152 valence electrons. The Hall–Kier alpha value is -2.80. The second kappa shape index (κ2) is 8.69. The summed E-state index contributed by atoms with van der Waals surface area (Å²) in [5.41, 5.74) is -1.41. The van der Waals surface area contributed by atoms with E-state index in [4.69, 9.17) is 0 Å². The molecule has 0 bridgehead atoms. The second-order valence-electron chi connectivity index (χ2n) is 6.45. The SMILES string of the molecule is Cc1cc(C(F)(F)F)c(C#N)c(SCC(=O)N2CCN(c3ccccn3)CC2)n1. The van der Waals surface area contributed by atoms with E-state index in [-0.39, 0.29) is 22.4 Å². The molecule has 10 heteroatoms. The average molecular weight is 421 g/mol. The zero-order valence-corrected chi connectivity index (χ0v) is 16.4. The molecule has 0 aliphatic carbocycles. The molecular weight excluding hydrogens is 403 g/mol. The van der Waals surface area contributed by atoms with E-state index in [0.717, 1.165) is 23.6 Å². The van der Waals surface area contributed by atoms with Gasteiger partial charge in [0, 0.05) is 38.1 Å². The second-order valence-corrected chi connectivity index (χ2v) is 7.41. The van der Waals surface area contributed by atoms with Crippen LogP contribution in [0.2, 0.25) is 0 Å². The summed E-state index contributed by atoms with van der Waals surface area (Å²) >= 11 is 0.864. The number of nitrogens with zero attached hydrogens (tertiary/aromatic N) is 5. The number of aryl methyl sites for hydroxylation is 1. The van der Waals surface area contributed by atoms with Crippen LogP contribution in [0, 0.1) is 18.3 Å². The van der Waals surface area contributed by atoms with Crippen LogP contribution < -0.4 is 4.90 Å². The van der Waals surface area contributed by atoms with E-state index in [9.17, 15) is 23.2 Å². The normalized spacial score (nSPS) is 14.6. The minimum Gasteiger partial charge on any atom is -0.353 e. The Bertz CT molecular complexity index is 922. The summed E-state index contributed by atoms with van der Waals surface area (Å²) in [5, 5.41) is 9.13. The first kappa shape index (κ1) is 20.9. The van der Waals surface area contributed by atoms with E-state index in [1.54, 1.807) is 17.2 Å². The Morgan fingerprint density at radius 1 is 1.28 bits per heavy atom. The number of amides is 1. The molecule has 1 fully saturated rings. The molecule has 2 aromatic rings. The van der Waals surface area contributed by atoms with Crippen LogP contribution in [0.3, 0.4) is 0 Å². The molecule has 3 rings (SSSR count). The van der Waals surface area contributed by atoms with Crippen molar-refractivity contribution in [1.82, 2.24) is 14.9 Å². The van der Waals surface area contributed by atoms with Gasteiger partial charge in [-0.15, -0.1) is 0 Å². The molecule has 0 N–H and O–H groups in total. The first-order chi connectivity index (χ1) is 13.8. The van der Waals surface area contributed by atoms with Gasteiger partial charge in [0.15, 0.2) is 0 Å². The summed E-state index contributed by atoms with van der Waals surface area (Å²) < 4.78 is 39.6. The fourth-order valence-corrected chi connectivity index (χ4v) is 3.98. The molecule has 2 aromatic heterocycles. The maximum absolute atomic E-state index is 13.2. The lowest BCUT2D eigenvalue weighted by Gasteiger charge is -2.35. The number of pyridine rings is 2. The third kappa shape index (κ3) is 4.98. The number of thioether (sulfide) groups is 1. The first-order valence-electron chi connectivity index (χ1n) is 8.85. The van der Waals surface area contributed by atoms with Crippen LogP contribution in [0.4, 0.5) is 19.0 Å². The van der Waals surface area contributed by atoms with E-state index < -0.39 is 17.3 Å². The zero-order valence-electron chi connectivity index (χ0n) is 15.6. The molecule has 6 nitrogen and oxygen atoms in total. The molecule has 0 spiro atoms. The molecule has 0 saturated carbocycles. The summed E-state index contributed by atoms with van der Waals surface area (Å²) in [4.78, 5) is 24.6. The van der Waals surface area contributed by atoms with E-state index in [2.05, 4.69) is 14.9 Å². The van der Waals surface area contributed by atoms with Crippen LogP contribution in [0.5, 0.6) is 0 Å². The van der Waals surface area contributed by atoms with Crippen LogP contribution in [-0.4, -0.2) is 52.7 Å². The molecule has 1 aliphatic rings. The van der Waals surface area contributed by atoms with Crippen LogP contribution in [0.1, 0.15) is 16.8 Å². The largest absolute Gasteiger partial charge is 0.417 e. The number of hydrogen-bond acceptors (Lipinski definition) is 6. The molecule has 29 heavy (non-hydrogen) atoms. The van der Waals surface area contributed by atoms with Crippen molar-refractivity contribution in [3.63, 3.8) is 0 Å². The van der Waals surface area contributed by atoms with Crippen molar-refractivity contribution in [2.75, 3.05) is 36.8 Å². The van der Waals surface area contributed by atoms with E-state index in [1.807, 2.05) is 18.2 Å². The number of alkyl halides is 3. The average Bonchev–Trinajstić information content (AvgIpc) is 2.71. The molecular formula is C19H18F3N5OS. The number of rotatable bonds is 4. The number of halogens is 3. The van der Waals surface area contributed by atoms with Gasteiger partial charge in [-0.3, -0.25) is 4.79 Å². The molecule has 0 aromatic carbocycles. The van der Waals surface area contributed by atoms with Gasteiger partial charge in [0.2, 0.25) is 5.91 Å². The van der Waals surface area contributed by atoms with Gasteiger partial charge >= 0.3 is 6.18 Å². The van der Waals surface area contributed by atoms with Gasteiger partial charge in [-0.2, -0.15) is 18.4 Å². The van der Waals surface area contributed by atoms with Crippen molar-refractivity contribution in [2.24, 2.45) is 0 Å². The van der Waals surface area contributed by atoms with Crippen molar-refractivity contribution in [2.45, 2.75) is 18.1 Å². The molecule has 1 saturated heterocycles. The summed E-state index contributed by atoms with van der Waals surface area (Å²) in [5.74, 6) is 0.569. The van der Waals surface area contributed by atoms with E-state index >= 15 is 0 Å². The van der Waals surface area contributed by atoms with Crippen LogP contribution >= 0.6 is 11.8 Å². The highest BCUT2D eigenvalue weighted by Crippen LogP contribution is 2.35. The fourth-order valence-electron chi connectivity index (χ4n) is 3.03. The van der Waals surface area contributed by atoms with Gasteiger partial charge < -0.3 is 9.80 Å². The molecule has 1 aliphatic heterocycles. The van der Waals surface area contributed by atoms with Gasteiger partial charge in [-0.25, -0.2) is 9.97 Å². The quantitative estimate of drug-likeness (QED) is 0.707. The molecule has 3 heterocycles. The van der Waals surface area contributed by atoms with Crippen molar-refractivity contribution in [1.29, 1.82) is 5.26 Å². The lowest BCUT2D eigenvalue weighted by Crippen LogP contribution is -2.49. The fraction of sp³-hybridized carbons (Fsp3) is 0.368. The molecule has 0 atom stereocenters. The highest BCUT2D eigenvalue weighted by molar-refractivity contribution is 8.00. The van der Waals surface area contributed by atoms with E-state index in [0.29, 0.717) is 26.2 Å². The van der Waals surface area contributed by atoms with E-state index in [1.165, 1.54) is 6.92 Å². The number of hydrogen-bond donors (Lipinski definition) is 0. The number of piperazine rings is 1. The van der Waals surface area contributed by atoms with Crippen LogP contribution in [-0.2, 0) is 11.0 Å². The molecule has 0 unspecified atom stereocenters. The summed E-state index contributed by atoms with van der Waals surface area (Å²) in [6.45, 7) is 3.67. The number of nitriles is 1. The third-order valence-electron chi connectivity index (χ3n) is 4.47. The highest BCUT2D eigenvalue weighted by atomic mass is 32.2. The Kier molecular flexibility index (Phi) is 6.27. The van der Waals surface area contributed by atoms with Gasteiger partial charge in [0.25, 0.3) is 0 Å². The lowest BCUT2D eigenvalue weighted by molar-refractivity contribution is -0.138. The highest BCUT2D eigenvalue weighted by Gasteiger charge is 2.35. The summed E-state index contributed by atoms with van der Waals surface area (Å²) in [6.07, 6.45) is -2.94. The van der Waals surface area contributed by atoms with Crippen molar-refractivity contribution in [3.05, 3.63) is 47.3 Å². The smallest absolute Gasteiger partial charge is 0.353 e. The minimum atomic E-state index is -4.65. The summed E-state index contributed by atoms with van der Waals surface area (Å²) in [6, 6.07) is 8.06. The maximum Gasteiger partial charge on any atom is 0.417 e. The zero-order chi connectivity index (χ0) is 21.0. The summed E-state index contributed by atoms with van der Waals surface area (Å²) in [7, 11) is 0. The van der Waals surface area contributed by atoms with Gasteiger partial charge in [0.05, 0.1) is 16.9 Å². The number of carbonyl (C=O) groups excluding carboxylic acids is 1. The molecule has 1 amide bonds. The van der Waals surface area contributed by atoms with Gasteiger partial charge in [0.1, 0.15) is 16.9 Å². The Morgan fingerprint density at radius 3 is 2.59 bits per heavy atom. The maximum atomic E-state index is 13.2. The monoisotopic (exact) mass is 421 g/mol. The van der Waals surface area contributed by atoms with Crippen LogP contribution in [0.15, 0.2) is 35.5 Å². The lowest BCUT2D eigenvalue weighted by atomic mass is 10.1. The predicted molar refractivity (Wildman–Crippen MR) is 102 cm³/mol. The van der Waals surface area contributed by atoms with Crippen LogP contribution in [0.25, 0.3) is 0 Å². The molecule has 0 radical (unpaired) electrons. The minimum absolute atomic E-state index is 0.0692. The Morgan fingerprint density at radius 2 is 2.00 bits per heavy atom. The number of aromatic nitrogens is 2. The Balaban J connectivity index is 1.63. The number of anilines is 1. The Labute approximate surface area is 170 Å². The van der Waals surface area contributed by atoms with Gasteiger partial charge in [-0.05, 0) is 25.1 Å². The van der Waals surface area contributed by atoms with Crippen molar-refractivity contribution < 1.29 is 18.0 Å². The predicted octanol–water partition coefficient (Wildman–Crippen LogP) is 3.12. The number of carbonyl (C=O) groups is 1.